The van der Waals surface area contributed by atoms with Crippen LogP contribution >= 0.6 is 0 Å². The standard InChI is InChI=1S/C18H20N2O2/c21-18(8-6-14-3-1-9-19-12-14)20-13-15-5-7-17-16(11-15)4-2-10-22-17/h1,3,5,7,9,11-12H,2,4,6,8,10,13H2,(H,20,21). The lowest BCUT2D eigenvalue weighted by Crippen LogP contribution is -2.23. The lowest BCUT2D eigenvalue weighted by atomic mass is 10.0. The number of aromatic nitrogens is 1. The number of aryl methyl sites for hydroxylation is 2. The van der Waals surface area contributed by atoms with Crippen LogP contribution in [0, 0.1) is 0 Å². The van der Waals surface area contributed by atoms with E-state index in [1.807, 2.05) is 24.3 Å². The molecule has 0 spiro atoms. The SMILES string of the molecule is O=C(CCc1cccnc1)NCc1ccc2c(c1)CCCO2. The number of benzene rings is 1. The summed E-state index contributed by atoms with van der Waals surface area (Å²) in [4.78, 5) is 16.0. The highest BCUT2D eigenvalue weighted by atomic mass is 16.5. The normalized spacial score (nSPS) is 13.1. The molecule has 2 heterocycles. The quantitative estimate of drug-likeness (QED) is 0.923. The van der Waals surface area contributed by atoms with Gasteiger partial charge in [0.25, 0.3) is 0 Å². The molecule has 0 saturated carbocycles. The van der Waals surface area contributed by atoms with Gasteiger partial charge in [0.15, 0.2) is 0 Å². The van der Waals surface area contributed by atoms with E-state index in [4.69, 9.17) is 4.74 Å². The van der Waals surface area contributed by atoms with Crippen molar-refractivity contribution in [2.45, 2.75) is 32.2 Å². The predicted octanol–water partition coefficient (Wildman–Crippen LogP) is 2.66. The maximum Gasteiger partial charge on any atom is 0.220 e. The molecule has 4 heteroatoms. The summed E-state index contributed by atoms with van der Waals surface area (Å²) in [5, 5.41) is 2.98. The number of nitrogens with one attached hydrogen (secondary N) is 1. The smallest absolute Gasteiger partial charge is 0.220 e. The van der Waals surface area contributed by atoms with Crippen molar-refractivity contribution in [3.8, 4) is 5.75 Å². The second-order valence-electron chi connectivity index (χ2n) is 5.53. The van der Waals surface area contributed by atoms with E-state index >= 15 is 0 Å². The monoisotopic (exact) mass is 296 g/mol. The molecular weight excluding hydrogens is 276 g/mol. The van der Waals surface area contributed by atoms with Gasteiger partial charge in [0, 0.05) is 25.4 Å². The summed E-state index contributed by atoms with van der Waals surface area (Å²) in [6.45, 7) is 1.37. The third-order valence-electron chi connectivity index (χ3n) is 3.83. The zero-order chi connectivity index (χ0) is 15.2. The predicted molar refractivity (Wildman–Crippen MR) is 84.7 cm³/mol. The molecule has 0 atom stereocenters. The molecule has 3 rings (SSSR count). The van der Waals surface area contributed by atoms with E-state index < -0.39 is 0 Å². The minimum atomic E-state index is 0.0674. The summed E-state index contributed by atoms with van der Waals surface area (Å²) in [5.74, 6) is 1.05. The summed E-state index contributed by atoms with van der Waals surface area (Å²) >= 11 is 0. The maximum atomic E-state index is 11.9. The molecule has 0 unspecified atom stereocenters. The average Bonchev–Trinajstić information content (AvgIpc) is 2.59. The first-order valence-corrected chi connectivity index (χ1v) is 7.71. The average molecular weight is 296 g/mol. The van der Waals surface area contributed by atoms with Crippen LogP contribution in [0.15, 0.2) is 42.7 Å². The van der Waals surface area contributed by atoms with Gasteiger partial charge < -0.3 is 10.1 Å². The van der Waals surface area contributed by atoms with Crippen molar-refractivity contribution < 1.29 is 9.53 Å². The summed E-state index contributed by atoms with van der Waals surface area (Å²) in [5.41, 5.74) is 3.45. The highest BCUT2D eigenvalue weighted by Crippen LogP contribution is 2.25. The Morgan fingerprint density at radius 2 is 2.23 bits per heavy atom. The molecule has 0 saturated heterocycles. The summed E-state index contributed by atoms with van der Waals surface area (Å²) < 4.78 is 5.60. The van der Waals surface area contributed by atoms with Crippen LogP contribution in [0.1, 0.15) is 29.5 Å². The highest BCUT2D eigenvalue weighted by molar-refractivity contribution is 5.76. The molecule has 114 valence electrons. The molecular formula is C18H20N2O2. The second-order valence-corrected chi connectivity index (χ2v) is 5.53. The number of amides is 1. The van der Waals surface area contributed by atoms with Crippen molar-refractivity contribution >= 4 is 5.91 Å². The van der Waals surface area contributed by atoms with E-state index in [1.165, 1.54) is 5.56 Å². The Morgan fingerprint density at radius 1 is 1.27 bits per heavy atom. The van der Waals surface area contributed by atoms with Crippen LogP contribution in [0.25, 0.3) is 0 Å². The lowest BCUT2D eigenvalue weighted by molar-refractivity contribution is -0.121. The van der Waals surface area contributed by atoms with Gasteiger partial charge in [0.05, 0.1) is 6.61 Å². The van der Waals surface area contributed by atoms with Crippen molar-refractivity contribution in [3.05, 3.63) is 59.4 Å². The minimum Gasteiger partial charge on any atom is -0.493 e. The van der Waals surface area contributed by atoms with E-state index in [0.29, 0.717) is 13.0 Å². The molecule has 4 nitrogen and oxygen atoms in total. The topological polar surface area (TPSA) is 51.2 Å². The van der Waals surface area contributed by atoms with Crippen LogP contribution in [0.5, 0.6) is 5.75 Å². The Labute approximate surface area is 130 Å². The fourth-order valence-electron chi connectivity index (χ4n) is 2.62. The van der Waals surface area contributed by atoms with E-state index in [0.717, 1.165) is 42.7 Å². The first kappa shape index (κ1) is 14.6. The summed E-state index contributed by atoms with van der Waals surface area (Å²) in [6.07, 6.45) is 6.86. The van der Waals surface area contributed by atoms with Crippen molar-refractivity contribution in [1.82, 2.24) is 10.3 Å². The van der Waals surface area contributed by atoms with Gasteiger partial charge in [-0.05, 0) is 48.1 Å². The van der Waals surface area contributed by atoms with Gasteiger partial charge in [-0.2, -0.15) is 0 Å². The molecule has 0 radical (unpaired) electrons. The lowest BCUT2D eigenvalue weighted by Gasteiger charge is -2.18. The van der Waals surface area contributed by atoms with Gasteiger partial charge in [-0.25, -0.2) is 0 Å². The number of ether oxygens (including phenoxy) is 1. The van der Waals surface area contributed by atoms with Gasteiger partial charge in [-0.3, -0.25) is 9.78 Å². The minimum absolute atomic E-state index is 0.0674. The summed E-state index contributed by atoms with van der Waals surface area (Å²) in [7, 11) is 0. The molecule has 1 amide bonds. The number of pyridine rings is 1. The Morgan fingerprint density at radius 3 is 3.09 bits per heavy atom. The van der Waals surface area contributed by atoms with Crippen LogP contribution in [0.2, 0.25) is 0 Å². The van der Waals surface area contributed by atoms with Crippen LogP contribution < -0.4 is 10.1 Å². The molecule has 1 N–H and O–H groups in total. The molecule has 1 aliphatic heterocycles. The van der Waals surface area contributed by atoms with Crippen molar-refractivity contribution in [2.24, 2.45) is 0 Å². The van der Waals surface area contributed by atoms with Crippen molar-refractivity contribution in [2.75, 3.05) is 6.61 Å². The van der Waals surface area contributed by atoms with E-state index in [2.05, 4.69) is 16.4 Å². The molecule has 2 aromatic rings. The largest absolute Gasteiger partial charge is 0.493 e. The molecule has 0 bridgehead atoms. The van der Waals surface area contributed by atoms with Gasteiger partial charge >= 0.3 is 0 Å². The number of carbonyl (C=O) groups excluding carboxylic acids is 1. The number of hydrogen-bond donors (Lipinski definition) is 1. The Kier molecular flexibility index (Phi) is 4.68. The second kappa shape index (κ2) is 7.07. The number of rotatable bonds is 5. The van der Waals surface area contributed by atoms with Crippen LogP contribution in [0.4, 0.5) is 0 Å². The molecule has 0 fully saturated rings. The molecule has 1 aliphatic rings. The Bertz CT molecular complexity index is 641. The molecule has 1 aromatic heterocycles. The van der Waals surface area contributed by atoms with E-state index in [1.54, 1.807) is 12.4 Å². The fourth-order valence-corrected chi connectivity index (χ4v) is 2.62. The molecule has 22 heavy (non-hydrogen) atoms. The number of hydrogen-bond acceptors (Lipinski definition) is 3. The Hall–Kier alpha value is -2.36. The van der Waals surface area contributed by atoms with Gasteiger partial charge in [-0.1, -0.05) is 18.2 Å². The van der Waals surface area contributed by atoms with Gasteiger partial charge in [0.1, 0.15) is 5.75 Å². The number of fused-ring (bicyclic) bond motifs is 1. The third-order valence-corrected chi connectivity index (χ3v) is 3.83. The zero-order valence-corrected chi connectivity index (χ0v) is 12.5. The zero-order valence-electron chi connectivity index (χ0n) is 12.5. The van der Waals surface area contributed by atoms with Crippen LogP contribution in [-0.4, -0.2) is 17.5 Å². The highest BCUT2D eigenvalue weighted by Gasteiger charge is 2.10. The van der Waals surface area contributed by atoms with Crippen molar-refractivity contribution in [1.29, 1.82) is 0 Å². The number of carbonyl (C=O) groups is 1. The van der Waals surface area contributed by atoms with E-state index in [9.17, 15) is 4.79 Å². The fraction of sp³-hybridized carbons (Fsp3) is 0.333. The van der Waals surface area contributed by atoms with Crippen LogP contribution in [0.3, 0.4) is 0 Å². The molecule has 0 aliphatic carbocycles. The summed E-state index contributed by atoms with van der Waals surface area (Å²) in [6, 6.07) is 10.0. The van der Waals surface area contributed by atoms with Gasteiger partial charge in [0.2, 0.25) is 5.91 Å². The first-order valence-electron chi connectivity index (χ1n) is 7.71. The third kappa shape index (κ3) is 3.85. The first-order chi connectivity index (χ1) is 10.8. The van der Waals surface area contributed by atoms with Crippen molar-refractivity contribution in [3.63, 3.8) is 0 Å². The number of nitrogens with zero attached hydrogens (tertiary/aromatic N) is 1. The molecule has 1 aromatic carbocycles. The van der Waals surface area contributed by atoms with E-state index in [-0.39, 0.29) is 5.91 Å². The maximum absolute atomic E-state index is 11.9. The Balaban J connectivity index is 1.48. The van der Waals surface area contributed by atoms with Gasteiger partial charge in [-0.15, -0.1) is 0 Å². The van der Waals surface area contributed by atoms with Crippen LogP contribution in [-0.2, 0) is 24.2 Å².